The van der Waals surface area contributed by atoms with Gasteiger partial charge in [-0.3, -0.25) is 0 Å². The second-order valence-corrected chi connectivity index (χ2v) is 5.88. The Morgan fingerprint density at radius 1 is 1.35 bits per heavy atom. The molecule has 6 heteroatoms. The van der Waals surface area contributed by atoms with Gasteiger partial charge in [-0.05, 0) is 19.1 Å². The maximum atomic E-state index is 5.93. The molecule has 0 saturated carbocycles. The Hall–Kier alpha value is -1.40. The number of hydrogen-bond donors (Lipinski definition) is 1. The Morgan fingerprint density at radius 3 is 2.70 bits per heavy atom. The normalized spacial score (nSPS) is 12.7. The summed E-state index contributed by atoms with van der Waals surface area (Å²) in [4.78, 5) is 4.28. The Morgan fingerprint density at radius 2 is 2.10 bits per heavy atom. The van der Waals surface area contributed by atoms with Crippen LogP contribution in [0.15, 0.2) is 27.2 Å². The fourth-order valence-corrected chi connectivity index (χ4v) is 2.05. The number of nitrogens with two attached hydrogens (primary N) is 1. The minimum absolute atomic E-state index is 0.102. The van der Waals surface area contributed by atoms with Crippen LogP contribution >= 0.6 is 15.9 Å². The van der Waals surface area contributed by atoms with Crippen LogP contribution in [0.2, 0.25) is 0 Å². The molecule has 0 fully saturated rings. The molecule has 1 aromatic heterocycles. The van der Waals surface area contributed by atoms with Crippen molar-refractivity contribution < 1.29 is 9.26 Å². The largest absolute Gasteiger partial charge is 0.485 e. The van der Waals surface area contributed by atoms with Crippen LogP contribution in [0.3, 0.4) is 0 Å². The molecular weight excluding hydrogens is 322 g/mol. The lowest BCUT2D eigenvalue weighted by Gasteiger charge is -2.13. The molecule has 0 spiro atoms. The van der Waals surface area contributed by atoms with Crippen LogP contribution in [0.4, 0.5) is 0 Å². The van der Waals surface area contributed by atoms with Crippen molar-refractivity contribution in [1.82, 2.24) is 10.1 Å². The van der Waals surface area contributed by atoms with Crippen molar-refractivity contribution in [3.8, 4) is 5.75 Å². The van der Waals surface area contributed by atoms with Gasteiger partial charge in [0.15, 0.2) is 6.61 Å². The Kier molecular flexibility index (Phi) is 4.77. The van der Waals surface area contributed by atoms with E-state index in [2.05, 4.69) is 26.1 Å². The van der Waals surface area contributed by atoms with Gasteiger partial charge in [0.05, 0.1) is 0 Å². The lowest BCUT2D eigenvalue weighted by molar-refractivity contribution is 0.280. The van der Waals surface area contributed by atoms with E-state index in [0.29, 0.717) is 11.7 Å². The first kappa shape index (κ1) is 15.0. The van der Waals surface area contributed by atoms with Crippen LogP contribution in [-0.4, -0.2) is 10.1 Å². The average Bonchev–Trinajstić information content (AvgIpc) is 2.85. The molecule has 1 unspecified atom stereocenters. The number of rotatable bonds is 5. The molecule has 2 aromatic rings. The zero-order valence-corrected chi connectivity index (χ0v) is 13.3. The summed E-state index contributed by atoms with van der Waals surface area (Å²) in [6.45, 7) is 6.18. The van der Waals surface area contributed by atoms with Crippen LogP contribution in [-0.2, 0) is 6.61 Å². The number of nitrogens with zero attached hydrogens (tertiary/aromatic N) is 2. The summed E-state index contributed by atoms with van der Waals surface area (Å²) in [7, 11) is 0. The van der Waals surface area contributed by atoms with Crippen LogP contribution in [0.25, 0.3) is 0 Å². The van der Waals surface area contributed by atoms with E-state index in [-0.39, 0.29) is 18.6 Å². The minimum Gasteiger partial charge on any atom is -0.485 e. The van der Waals surface area contributed by atoms with Crippen molar-refractivity contribution >= 4 is 15.9 Å². The van der Waals surface area contributed by atoms with Crippen LogP contribution < -0.4 is 10.5 Å². The molecular formula is C14H18BrN3O2. The third-order valence-electron chi connectivity index (χ3n) is 2.80. The Labute approximate surface area is 126 Å². The fraction of sp³-hybridized carbons (Fsp3) is 0.429. The maximum absolute atomic E-state index is 5.93. The topological polar surface area (TPSA) is 74.2 Å². The average molecular weight is 340 g/mol. The zero-order chi connectivity index (χ0) is 14.7. The standard InChI is InChI=1S/C14H18BrN3O2/c1-8(2)14-17-13(18-20-14)7-19-12-6-10(15)4-5-11(12)9(3)16/h4-6,8-9H,7,16H2,1-3H3. The van der Waals surface area contributed by atoms with E-state index in [1.807, 2.05) is 39.0 Å². The Balaban J connectivity index is 2.11. The van der Waals surface area contributed by atoms with Gasteiger partial charge in [0, 0.05) is 22.0 Å². The van der Waals surface area contributed by atoms with Gasteiger partial charge in [0.1, 0.15) is 5.75 Å². The molecule has 5 nitrogen and oxygen atoms in total. The third-order valence-corrected chi connectivity index (χ3v) is 3.29. The van der Waals surface area contributed by atoms with Crippen molar-refractivity contribution in [2.24, 2.45) is 5.73 Å². The van der Waals surface area contributed by atoms with Gasteiger partial charge in [0.25, 0.3) is 0 Å². The number of halogens is 1. The molecule has 0 aliphatic heterocycles. The van der Waals surface area contributed by atoms with Gasteiger partial charge in [-0.25, -0.2) is 0 Å². The van der Waals surface area contributed by atoms with Crippen LogP contribution in [0, 0.1) is 0 Å². The zero-order valence-electron chi connectivity index (χ0n) is 11.8. The van der Waals surface area contributed by atoms with Gasteiger partial charge in [-0.15, -0.1) is 0 Å². The lowest BCUT2D eigenvalue weighted by atomic mass is 10.1. The highest BCUT2D eigenvalue weighted by molar-refractivity contribution is 9.10. The molecule has 0 radical (unpaired) electrons. The lowest BCUT2D eigenvalue weighted by Crippen LogP contribution is -2.08. The fourth-order valence-electron chi connectivity index (χ4n) is 1.71. The molecule has 1 heterocycles. The predicted molar refractivity (Wildman–Crippen MR) is 79.5 cm³/mol. The summed E-state index contributed by atoms with van der Waals surface area (Å²) >= 11 is 3.42. The van der Waals surface area contributed by atoms with Crippen molar-refractivity contribution in [1.29, 1.82) is 0 Å². The van der Waals surface area contributed by atoms with Crippen molar-refractivity contribution in [2.75, 3.05) is 0 Å². The smallest absolute Gasteiger partial charge is 0.229 e. The summed E-state index contributed by atoms with van der Waals surface area (Å²) in [5.74, 6) is 2.08. The van der Waals surface area contributed by atoms with Crippen molar-refractivity contribution in [3.05, 3.63) is 40.0 Å². The highest BCUT2D eigenvalue weighted by Crippen LogP contribution is 2.28. The van der Waals surface area contributed by atoms with E-state index in [0.717, 1.165) is 15.8 Å². The monoisotopic (exact) mass is 339 g/mol. The Bertz CT molecular complexity index is 582. The molecule has 0 aliphatic carbocycles. The number of ether oxygens (including phenoxy) is 1. The summed E-state index contributed by atoms with van der Waals surface area (Å²) in [5.41, 5.74) is 6.88. The van der Waals surface area contributed by atoms with Crippen molar-refractivity contribution in [3.63, 3.8) is 0 Å². The van der Waals surface area contributed by atoms with E-state index < -0.39 is 0 Å². The molecule has 1 atom stereocenters. The van der Waals surface area contributed by atoms with Gasteiger partial charge >= 0.3 is 0 Å². The molecule has 0 amide bonds. The van der Waals surface area contributed by atoms with Crippen molar-refractivity contribution in [2.45, 2.75) is 39.3 Å². The van der Waals surface area contributed by atoms with Gasteiger partial charge in [-0.1, -0.05) is 41.0 Å². The van der Waals surface area contributed by atoms with Gasteiger partial charge in [-0.2, -0.15) is 4.98 Å². The second-order valence-electron chi connectivity index (χ2n) is 4.96. The summed E-state index contributed by atoms with van der Waals surface area (Å²) in [5, 5.41) is 3.90. The highest BCUT2D eigenvalue weighted by atomic mass is 79.9. The quantitative estimate of drug-likeness (QED) is 0.901. The molecule has 0 saturated heterocycles. The van der Waals surface area contributed by atoms with E-state index in [1.165, 1.54) is 0 Å². The van der Waals surface area contributed by atoms with E-state index in [1.54, 1.807) is 0 Å². The third kappa shape index (κ3) is 3.58. The van der Waals surface area contributed by atoms with Crippen LogP contribution in [0.1, 0.15) is 50.0 Å². The molecule has 108 valence electrons. The number of aromatic nitrogens is 2. The molecule has 0 bridgehead atoms. The SMILES string of the molecule is CC(C)c1nc(COc2cc(Br)ccc2C(C)N)no1. The first-order valence-electron chi connectivity index (χ1n) is 6.47. The van der Waals surface area contributed by atoms with Gasteiger partial charge < -0.3 is 15.0 Å². The second kappa shape index (κ2) is 6.37. The molecule has 2 rings (SSSR count). The highest BCUT2D eigenvalue weighted by Gasteiger charge is 2.13. The van der Waals surface area contributed by atoms with E-state index in [4.69, 9.17) is 15.0 Å². The number of hydrogen-bond acceptors (Lipinski definition) is 5. The summed E-state index contributed by atoms with van der Waals surface area (Å²) in [6.07, 6.45) is 0. The minimum atomic E-state index is -0.102. The first-order valence-corrected chi connectivity index (χ1v) is 7.27. The van der Waals surface area contributed by atoms with Crippen LogP contribution in [0.5, 0.6) is 5.75 Å². The summed E-state index contributed by atoms with van der Waals surface area (Å²) < 4.78 is 11.8. The molecule has 0 aliphatic rings. The molecule has 20 heavy (non-hydrogen) atoms. The maximum Gasteiger partial charge on any atom is 0.229 e. The van der Waals surface area contributed by atoms with E-state index >= 15 is 0 Å². The van der Waals surface area contributed by atoms with E-state index in [9.17, 15) is 0 Å². The van der Waals surface area contributed by atoms with Gasteiger partial charge in [0.2, 0.25) is 11.7 Å². The molecule has 2 N–H and O–H groups in total. The summed E-state index contributed by atoms with van der Waals surface area (Å²) in [6, 6.07) is 5.67. The number of benzene rings is 1. The first-order chi connectivity index (χ1) is 9.47. The predicted octanol–water partition coefficient (Wildman–Crippen LogP) is 3.55. The molecule has 1 aromatic carbocycles.